The quantitative estimate of drug-likeness (QED) is 0.221. The van der Waals surface area contributed by atoms with E-state index in [1.54, 1.807) is 37.3 Å². The van der Waals surface area contributed by atoms with E-state index in [4.69, 9.17) is 0 Å². The van der Waals surface area contributed by atoms with Gasteiger partial charge in [-0.1, -0.05) is 43.0 Å². The molecule has 3 aromatic carbocycles. The summed E-state index contributed by atoms with van der Waals surface area (Å²) in [5.41, 5.74) is -0.0478. The first-order valence-corrected chi connectivity index (χ1v) is 13.2. The van der Waals surface area contributed by atoms with Gasteiger partial charge in [0.2, 0.25) is 5.91 Å². The molecule has 2 atom stereocenters. The summed E-state index contributed by atoms with van der Waals surface area (Å²) < 4.78 is 55.6. The topological polar surface area (TPSA) is 96.3 Å². The highest BCUT2D eigenvalue weighted by atomic mass is 19.4. The van der Waals surface area contributed by atoms with Gasteiger partial charge in [0.1, 0.15) is 17.7 Å². The molecule has 0 unspecified atom stereocenters. The molecule has 0 bridgehead atoms. The van der Waals surface area contributed by atoms with Crippen LogP contribution in [0.15, 0.2) is 91.5 Å². The summed E-state index contributed by atoms with van der Waals surface area (Å²) in [6.45, 7) is 5.31. The number of para-hydroxylation sites is 1. The van der Waals surface area contributed by atoms with Crippen LogP contribution in [0.1, 0.15) is 39.9 Å². The van der Waals surface area contributed by atoms with Crippen LogP contribution in [0.3, 0.4) is 0 Å². The maximum absolute atomic E-state index is 14.1. The summed E-state index contributed by atoms with van der Waals surface area (Å²) in [6, 6.07) is 16.5. The molecule has 2 N–H and O–H groups in total. The molecule has 12 heteroatoms. The smallest absolute Gasteiger partial charge is 0.339 e. The van der Waals surface area contributed by atoms with Gasteiger partial charge in [0.25, 0.3) is 11.8 Å². The predicted molar refractivity (Wildman–Crippen MR) is 151 cm³/mol. The Bertz CT molecular complexity index is 1700. The third-order valence-corrected chi connectivity index (χ3v) is 7.04. The number of amides is 3. The first-order chi connectivity index (χ1) is 20.5. The number of aromatic nitrogens is 2. The lowest BCUT2D eigenvalue weighted by molar-refractivity contribution is -0.137. The second-order valence-corrected chi connectivity index (χ2v) is 9.67. The van der Waals surface area contributed by atoms with Crippen LogP contribution in [0.4, 0.5) is 29.2 Å². The molecule has 1 aromatic heterocycles. The third-order valence-electron chi connectivity index (χ3n) is 7.04. The van der Waals surface area contributed by atoms with E-state index >= 15 is 0 Å². The Morgan fingerprint density at radius 3 is 2.35 bits per heavy atom. The molecular weight excluding hydrogens is 566 g/mol. The normalized spacial score (nSPS) is 16.4. The number of anilines is 2. The van der Waals surface area contributed by atoms with Crippen molar-refractivity contribution in [2.24, 2.45) is 0 Å². The molecule has 2 heterocycles. The lowest BCUT2D eigenvalue weighted by Gasteiger charge is -2.38. The lowest BCUT2D eigenvalue weighted by Crippen LogP contribution is -2.55. The number of halogens is 4. The Morgan fingerprint density at radius 2 is 1.72 bits per heavy atom. The molecule has 220 valence electrons. The van der Waals surface area contributed by atoms with Gasteiger partial charge in [0.15, 0.2) is 5.82 Å². The van der Waals surface area contributed by atoms with Crippen molar-refractivity contribution in [3.63, 3.8) is 0 Å². The molecule has 1 aliphatic rings. The molecule has 8 nitrogen and oxygen atoms in total. The minimum atomic E-state index is -4.69. The van der Waals surface area contributed by atoms with E-state index in [1.165, 1.54) is 39.9 Å². The van der Waals surface area contributed by atoms with E-state index in [-0.39, 0.29) is 17.9 Å². The van der Waals surface area contributed by atoms with E-state index in [0.717, 1.165) is 18.2 Å². The second-order valence-electron chi connectivity index (χ2n) is 9.67. The minimum absolute atomic E-state index is 0.0577. The average Bonchev–Trinajstić information content (AvgIpc) is 3.36. The zero-order valence-corrected chi connectivity index (χ0v) is 22.7. The maximum Gasteiger partial charge on any atom is 0.416 e. The Balaban J connectivity index is 1.71. The standard InChI is InChI=1S/C31H25F4N5O3/c1-3-23(41)36-27-25-24(18-13-15-21(32)16-14-18)26(37-28(42)19-9-8-10-20(17-19)31(33,34)35)30(43)39(4-2)29(25)40(38-27)22-11-6-5-7-12-22/h3,5-17,24,26H,1,4H2,2H3,(H,37,42)(H,36,38,41)/t24-,26-/m0/s1. The summed E-state index contributed by atoms with van der Waals surface area (Å²) >= 11 is 0. The van der Waals surface area contributed by atoms with Crippen molar-refractivity contribution in [2.45, 2.75) is 25.1 Å². The summed E-state index contributed by atoms with van der Waals surface area (Å²) in [5.74, 6) is -3.32. The number of benzene rings is 3. The number of alkyl halides is 3. The van der Waals surface area contributed by atoms with Gasteiger partial charge < -0.3 is 10.6 Å². The molecule has 0 aliphatic carbocycles. The first-order valence-electron chi connectivity index (χ1n) is 13.2. The number of likely N-dealkylation sites (N-methyl/N-ethyl adjacent to an activating group) is 1. The van der Waals surface area contributed by atoms with Gasteiger partial charge >= 0.3 is 6.18 Å². The molecule has 0 saturated carbocycles. The van der Waals surface area contributed by atoms with Crippen molar-refractivity contribution >= 4 is 29.4 Å². The van der Waals surface area contributed by atoms with Crippen LogP contribution in [0.25, 0.3) is 5.69 Å². The van der Waals surface area contributed by atoms with Crippen molar-refractivity contribution in [3.05, 3.63) is 120 Å². The van der Waals surface area contributed by atoms with Gasteiger partial charge in [-0.25, -0.2) is 9.07 Å². The molecular formula is C31H25F4N5O3. The Hall–Kier alpha value is -5.26. The van der Waals surface area contributed by atoms with Crippen molar-refractivity contribution in [1.82, 2.24) is 15.1 Å². The zero-order valence-electron chi connectivity index (χ0n) is 22.7. The van der Waals surface area contributed by atoms with Crippen LogP contribution < -0.4 is 15.5 Å². The van der Waals surface area contributed by atoms with Crippen molar-refractivity contribution in [1.29, 1.82) is 0 Å². The van der Waals surface area contributed by atoms with E-state index < -0.39 is 47.2 Å². The van der Waals surface area contributed by atoms with Crippen LogP contribution in [-0.2, 0) is 15.8 Å². The minimum Gasteiger partial charge on any atom is -0.339 e. The van der Waals surface area contributed by atoms with Crippen LogP contribution in [-0.4, -0.2) is 40.1 Å². The fourth-order valence-electron chi connectivity index (χ4n) is 5.10. The largest absolute Gasteiger partial charge is 0.416 e. The molecule has 4 aromatic rings. The van der Waals surface area contributed by atoms with Crippen molar-refractivity contribution < 1.29 is 31.9 Å². The van der Waals surface area contributed by atoms with Gasteiger partial charge in [-0.2, -0.15) is 13.2 Å². The van der Waals surface area contributed by atoms with Crippen LogP contribution in [0.5, 0.6) is 0 Å². The van der Waals surface area contributed by atoms with Crippen molar-refractivity contribution in [2.75, 3.05) is 16.8 Å². The summed E-state index contributed by atoms with van der Waals surface area (Å²) in [6.07, 6.45) is -3.65. The lowest BCUT2D eigenvalue weighted by atomic mass is 9.81. The number of carbonyl (C=O) groups is 3. The monoisotopic (exact) mass is 591 g/mol. The number of nitrogens with zero attached hydrogens (tertiary/aromatic N) is 3. The van der Waals surface area contributed by atoms with Crippen LogP contribution in [0.2, 0.25) is 0 Å². The molecule has 0 radical (unpaired) electrons. The number of carbonyl (C=O) groups excluding carboxylic acids is 3. The number of hydrogen-bond donors (Lipinski definition) is 2. The molecule has 5 rings (SSSR count). The highest BCUT2D eigenvalue weighted by Gasteiger charge is 2.46. The predicted octanol–water partition coefficient (Wildman–Crippen LogP) is 5.45. The highest BCUT2D eigenvalue weighted by molar-refractivity contribution is 6.07. The number of fused-ring (bicyclic) bond motifs is 1. The number of rotatable bonds is 7. The van der Waals surface area contributed by atoms with Gasteiger partial charge in [-0.05, 0) is 61.0 Å². The van der Waals surface area contributed by atoms with Gasteiger partial charge in [-0.3, -0.25) is 19.3 Å². The SMILES string of the molecule is C=CC(=O)Nc1nn(-c2ccccc2)c2c1[C@H](c1ccc(F)cc1)[C@H](NC(=O)c1cccc(C(F)(F)F)c1)C(=O)N2CC. The average molecular weight is 592 g/mol. The number of hydrogen-bond acceptors (Lipinski definition) is 4. The van der Waals surface area contributed by atoms with E-state index in [9.17, 15) is 31.9 Å². The Morgan fingerprint density at radius 1 is 1.02 bits per heavy atom. The van der Waals surface area contributed by atoms with Gasteiger partial charge in [-0.15, -0.1) is 5.10 Å². The fourth-order valence-corrected chi connectivity index (χ4v) is 5.10. The van der Waals surface area contributed by atoms with Crippen molar-refractivity contribution in [3.8, 4) is 5.69 Å². The van der Waals surface area contributed by atoms with Crippen LogP contribution in [0, 0.1) is 5.82 Å². The summed E-state index contributed by atoms with van der Waals surface area (Å²) in [5, 5.41) is 9.90. The Labute approximate surface area is 243 Å². The van der Waals surface area contributed by atoms with E-state index in [2.05, 4.69) is 22.3 Å². The summed E-state index contributed by atoms with van der Waals surface area (Å²) in [7, 11) is 0. The molecule has 3 amide bonds. The molecule has 0 saturated heterocycles. The first kappa shape index (κ1) is 29.2. The molecule has 0 spiro atoms. The molecule has 43 heavy (non-hydrogen) atoms. The maximum atomic E-state index is 14.1. The van der Waals surface area contributed by atoms with E-state index in [1.807, 2.05) is 0 Å². The van der Waals surface area contributed by atoms with Crippen LogP contribution >= 0.6 is 0 Å². The zero-order chi connectivity index (χ0) is 30.9. The summed E-state index contributed by atoms with van der Waals surface area (Å²) in [4.78, 5) is 41.4. The second kappa shape index (κ2) is 11.6. The fraction of sp³-hybridized carbons (Fsp3) is 0.161. The molecule has 0 fully saturated rings. The number of nitrogens with one attached hydrogen (secondary N) is 2. The Kier molecular flexibility index (Phi) is 7.85. The van der Waals surface area contributed by atoms with Gasteiger partial charge in [0.05, 0.1) is 11.3 Å². The third kappa shape index (κ3) is 5.63. The molecule has 1 aliphatic heterocycles. The highest BCUT2D eigenvalue weighted by Crippen LogP contribution is 2.45. The van der Waals surface area contributed by atoms with E-state index in [0.29, 0.717) is 28.7 Å². The van der Waals surface area contributed by atoms with Gasteiger partial charge in [0, 0.05) is 23.6 Å².